The fraction of sp³-hybridized carbons (Fsp3) is 0.417. The zero-order valence-electron chi connectivity index (χ0n) is 9.18. The van der Waals surface area contributed by atoms with Crippen LogP contribution >= 0.6 is 0 Å². The van der Waals surface area contributed by atoms with Crippen molar-refractivity contribution in [2.75, 3.05) is 6.61 Å². The lowest BCUT2D eigenvalue weighted by Crippen LogP contribution is -2.18. The Kier molecular flexibility index (Phi) is 2.18. The lowest BCUT2D eigenvalue weighted by Gasteiger charge is -2.22. The highest BCUT2D eigenvalue weighted by molar-refractivity contribution is 6.02. The van der Waals surface area contributed by atoms with Crippen molar-refractivity contribution in [2.24, 2.45) is 0 Å². The standard InChI is InChI=1S/C12H14O3/c1-6-7(2)12-10(8(3)11(6)14)9(13)4-5-15-12/h14H,4-5H2,1-3H3. The molecule has 3 heteroatoms. The second-order valence-corrected chi connectivity index (χ2v) is 3.95. The summed E-state index contributed by atoms with van der Waals surface area (Å²) in [6.45, 7) is 5.90. The number of carbonyl (C=O) groups excluding carboxylic acids is 1. The van der Waals surface area contributed by atoms with E-state index in [1.54, 1.807) is 6.92 Å². The van der Waals surface area contributed by atoms with Gasteiger partial charge in [-0.1, -0.05) is 0 Å². The van der Waals surface area contributed by atoms with E-state index < -0.39 is 0 Å². The van der Waals surface area contributed by atoms with Gasteiger partial charge >= 0.3 is 0 Å². The monoisotopic (exact) mass is 206 g/mol. The zero-order valence-corrected chi connectivity index (χ0v) is 9.18. The molecule has 1 aliphatic rings. The molecule has 1 aliphatic heterocycles. The summed E-state index contributed by atoms with van der Waals surface area (Å²) in [6.07, 6.45) is 0.399. The van der Waals surface area contributed by atoms with E-state index in [9.17, 15) is 9.90 Å². The highest BCUT2D eigenvalue weighted by atomic mass is 16.5. The SMILES string of the molecule is Cc1c(C)c2c(c(C)c1O)C(=O)CCO2. The van der Waals surface area contributed by atoms with Crippen molar-refractivity contribution < 1.29 is 14.6 Å². The molecule has 0 fully saturated rings. The van der Waals surface area contributed by atoms with E-state index in [0.717, 1.165) is 11.1 Å². The number of phenolic OH excluding ortho intramolecular Hbond substituents is 1. The van der Waals surface area contributed by atoms with Crippen molar-refractivity contribution >= 4 is 5.78 Å². The molecular weight excluding hydrogens is 192 g/mol. The summed E-state index contributed by atoms with van der Waals surface area (Å²) in [6, 6.07) is 0. The molecule has 0 aliphatic carbocycles. The molecule has 1 aromatic rings. The van der Waals surface area contributed by atoms with Gasteiger partial charge in [-0.2, -0.15) is 0 Å². The molecule has 1 aromatic carbocycles. The van der Waals surface area contributed by atoms with Crippen molar-refractivity contribution in [3.8, 4) is 11.5 Å². The summed E-state index contributed by atoms with van der Waals surface area (Å²) in [4.78, 5) is 11.7. The Hall–Kier alpha value is -1.51. The third-order valence-electron chi connectivity index (χ3n) is 3.07. The van der Waals surface area contributed by atoms with Crippen molar-refractivity contribution in [1.29, 1.82) is 0 Å². The summed E-state index contributed by atoms with van der Waals surface area (Å²) in [5.41, 5.74) is 2.85. The van der Waals surface area contributed by atoms with Crippen molar-refractivity contribution in [3.63, 3.8) is 0 Å². The molecule has 0 amide bonds. The minimum atomic E-state index is 0.0622. The van der Waals surface area contributed by atoms with Gasteiger partial charge in [0, 0.05) is 12.0 Å². The molecule has 2 rings (SSSR count). The smallest absolute Gasteiger partial charge is 0.170 e. The van der Waals surface area contributed by atoms with E-state index in [-0.39, 0.29) is 11.5 Å². The largest absolute Gasteiger partial charge is 0.507 e. The molecule has 3 nitrogen and oxygen atoms in total. The molecule has 0 bridgehead atoms. The minimum absolute atomic E-state index is 0.0622. The van der Waals surface area contributed by atoms with Crippen molar-refractivity contribution in [1.82, 2.24) is 0 Å². The van der Waals surface area contributed by atoms with Crippen LogP contribution in [0.5, 0.6) is 11.5 Å². The number of aromatic hydroxyl groups is 1. The summed E-state index contributed by atoms with van der Waals surface area (Å²) in [7, 11) is 0. The Bertz CT molecular complexity index is 447. The molecule has 1 N–H and O–H groups in total. The van der Waals surface area contributed by atoms with Crippen LogP contribution in [0.1, 0.15) is 33.5 Å². The first-order chi connectivity index (χ1) is 7.04. The van der Waals surface area contributed by atoms with Gasteiger partial charge in [-0.3, -0.25) is 4.79 Å². The Morgan fingerprint density at radius 1 is 1.13 bits per heavy atom. The minimum Gasteiger partial charge on any atom is -0.507 e. The van der Waals surface area contributed by atoms with Crippen LogP contribution in [0.4, 0.5) is 0 Å². The zero-order chi connectivity index (χ0) is 11.2. The number of ketones is 1. The van der Waals surface area contributed by atoms with Crippen LogP contribution in [0.3, 0.4) is 0 Å². The Balaban J connectivity index is 2.80. The summed E-state index contributed by atoms with van der Waals surface area (Å²) < 4.78 is 5.51. The van der Waals surface area contributed by atoms with Crippen molar-refractivity contribution in [3.05, 3.63) is 22.3 Å². The molecule has 0 atom stereocenters. The van der Waals surface area contributed by atoms with Crippen LogP contribution in [-0.4, -0.2) is 17.5 Å². The predicted octanol–water partition coefficient (Wildman–Crippen LogP) is 2.28. The van der Waals surface area contributed by atoms with Gasteiger partial charge in [0.15, 0.2) is 5.78 Å². The fourth-order valence-electron chi connectivity index (χ4n) is 1.99. The fourth-order valence-corrected chi connectivity index (χ4v) is 1.99. The number of fused-ring (bicyclic) bond motifs is 1. The molecule has 0 saturated carbocycles. The van der Waals surface area contributed by atoms with Gasteiger partial charge in [0.1, 0.15) is 11.5 Å². The maximum absolute atomic E-state index is 11.7. The van der Waals surface area contributed by atoms with Crippen LogP contribution in [0, 0.1) is 20.8 Å². The van der Waals surface area contributed by atoms with E-state index in [4.69, 9.17) is 4.74 Å². The van der Waals surface area contributed by atoms with Crippen LogP contribution in [0.15, 0.2) is 0 Å². The molecule has 0 aromatic heterocycles. The van der Waals surface area contributed by atoms with Gasteiger partial charge < -0.3 is 9.84 Å². The number of hydrogen-bond donors (Lipinski definition) is 1. The maximum atomic E-state index is 11.7. The molecule has 15 heavy (non-hydrogen) atoms. The first kappa shape index (κ1) is 10.0. The van der Waals surface area contributed by atoms with Crippen LogP contribution in [0.2, 0.25) is 0 Å². The molecule has 0 saturated heterocycles. The molecule has 0 spiro atoms. The van der Waals surface area contributed by atoms with Crippen LogP contribution < -0.4 is 4.74 Å². The number of Topliss-reactive ketones (excluding diaryl/α,β-unsaturated/α-hetero) is 1. The van der Waals surface area contributed by atoms with Gasteiger partial charge in [-0.05, 0) is 31.9 Å². The normalized spacial score (nSPS) is 14.7. The average molecular weight is 206 g/mol. The van der Waals surface area contributed by atoms with E-state index in [1.807, 2.05) is 13.8 Å². The predicted molar refractivity (Wildman–Crippen MR) is 56.8 cm³/mol. The average Bonchev–Trinajstić information content (AvgIpc) is 2.23. The molecular formula is C12H14O3. The van der Waals surface area contributed by atoms with Gasteiger partial charge in [-0.15, -0.1) is 0 Å². The van der Waals surface area contributed by atoms with Gasteiger partial charge in [0.05, 0.1) is 12.2 Å². The molecule has 80 valence electrons. The number of ether oxygens (including phenoxy) is 1. The number of carbonyl (C=O) groups is 1. The summed E-state index contributed by atoms with van der Waals surface area (Å²) >= 11 is 0. The Morgan fingerprint density at radius 3 is 2.47 bits per heavy atom. The summed E-state index contributed by atoms with van der Waals surface area (Å²) in [5.74, 6) is 0.927. The second kappa shape index (κ2) is 3.26. The summed E-state index contributed by atoms with van der Waals surface area (Å²) in [5, 5.41) is 9.85. The molecule has 1 heterocycles. The first-order valence-corrected chi connectivity index (χ1v) is 5.02. The van der Waals surface area contributed by atoms with Crippen LogP contribution in [0.25, 0.3) is 0 Å². The van der Waals surface area contributed by atoms with E-state index in [0.29, 0.717) is 29.9 Å². The third kappa shape index (κ3) is 1.30. The maximum Gasteiger partial charge on any atom is 0.170 e. The Morgan fingerprint density at radius 2 is 1.80 bits per heavy atom. The van der Waals surface area contributed by atoms with E-state index in [1.165, 1.54) is 0 Å². The number of hydrogen-bond acceptors (Lipinski definition) is 3. The first-order valence-electron chi connectivity index (χ1n) is 5.02. The number of rotatable bonds is 0. The Labute approximate surface area is 88.7 Å². The van der Waals surface area contributed by atoms with E-state index >= 15 is 0 Å². The van der Waals surface area contributed by atoms with Gasteiger partial charge in [0.2, 0.25) is 0 Å². The lowest BCUT2D eigenvalue weighted by atomic mass is 9.92. The second-order valence-electron chi connectivity index (χ2n) is 3.95. The molecule has 0 unspecified atom stereocenters. The number of benzene rings is 1. The van der Waals surface area contributed by atoms with Gasteiger partial charge in [-0.25, -0.2) is 0 Å². The molecule has 0 radical (unpaired) electrons. The highest BCUT2D eigenvalue weighted by Crippen LogP contribution is 2.39. The third-order valence-corrected chi connectivity index (χ3v) is 3.07. The van der Waals surface area contributed by atoms with Gasteiger partial charge in [0.25, 0.3) is 0 Å². The lowest BCUT2D eigenvalue weighted by molar-refractivity contribution is 0.0931. The quantitative estimate of drug-likeness (QED) is 0.708. The topological polar surface area (TPSA) is 46.5 Å². The van der Waals surface area contributed by atoms with Crippen LogP contribution in [-0.2, 0) is 0 Å². The number of phenols is 1. The van der Waals surface area contributed by atoms with E-state index in [2.05, 4.69) is 0 Å². The van der Waals surface area contributed by atoms with Crippen molar-refractivity contribution in [2.45, 2.75) is 27.2 Å². The highest BCUT2D eigenvalue weighted by Gasteiger charge is 2.26.